The summed E-state index contributed by atoms with van der Waals surface area (Å²) in [4.78, 5) is 40.5. The molecule has 0 N–H and O–H groups in total. The van der Waals surface area contributed by atoms with Crippen molar-refractivity contribution in [3.05, 3.63) is 18.1 Å². The van der Waals surface area contributed by atoms with Gasteiger partial charge in [-0.15, -0.1) is 0 Å². The van der Waals surface area contributed by atoms with Gasteiger partial charge in [0.1, 0.15) is 11.6 Å². The number of hydrogen-bond donors (Lipinski definition) is 0. The van der Waals surface area contributed by atoms with Gasteiger partial charge in [-0.25, -0.2) is 14.8 Å². The number of anilines is 1. The van der Waals surface area contributed by atoms with Crippen molar-refractivity contribution >= 4 is 17.8 Å². The summed E-state index contributed by atoms with van der Waals surface area (Å²) in [6.07, 6.45) is 7.58. The topological polar surface area (TPSA) is 93.4 Å². The van der Waals surface area contributed by atoms with Gasteiger partial charge in [-0.3, -0.25) is 9.69 Å². The van der Waals surface area contributed by atoms with Crippen LogP contribution >= 0.6 is 0 Å². The molecule has 0 bridgehead atoms. The first-order valence-electron chi connectivity index (χ1n) is 10.6. The van der Waals surface area contributed by atoms with E-state index in [1.165, 1.54) is 17.5 Å². The summed E-state index contributed by atoms with van der Waals surface area (Å²) >= 11 is 0. The first kappa shape index (κ1) is 19.6. The third-order valence-corrected chi connectivity index (χ3v) is 6.51. The minimum atomic E-state index is -0.767. The summed E-state index contributed by atoms with van der Waals surface area (Å²) in [6, 6.07) is 1.97. The molecule has 154 valence electrons. The summed E-state index contributed by atoms with van der Waals surface area (Å²) in [5.41, 5.74) is -0.473. The van der Waals surface area contributed by atoms with Crippen molar-refractivity contribution in [2.24, 2.45) is 11.8 Å². The van der Waals surface area contributed by atoms with Gasteiger partial charge in [0.2, 0.25) is 0 Å². The van der Waals surface area contributed by atoms with Crippen LogP contribution in [0, 0.1) is 23.2 Å². The zero-order chi connectivity index (χ0) is 20.6. The van der Waals surface area contributed by atoms with Crippen LogP contribution in [0.5, 0.6) is 0 Å². The van der Waals surface area contributed by atoms with Gasteiger partial charge in [-0.05, 0) is 37.5 Å². The minimum Gasteiger partial charge on any atom is -0.354 e. The number of carbonyl (C=O) groups is 2. The summed E-state index contributed by atoms with van der Waals surface area (Å²) < 4.78 is 0. The van der Waals surface area contributed by atoms with Gasteiger partial charge >= 0.3 is 6.03 Å². The lowest BCUT2D eigenvalue weighted by Crippen LogP contribution is -2.57. The lowest BCUT2D eigenvalue weighted by molar-refractivity contribution is -0.135. The molecule has 1 aromatic heterocycles. The number of imide groups is 1. The molecule has 1 aromatic rings. The maximum absolute atomic E-state index is 13.5. The number of hydrogen-bond acceptors (Lipinski definition) is 6. The van der Waals surface area contributed by atoms with Crippen molar-refractivity contribution in [3.63, 3.8) is 0 Å². The van der Waals surface area contributed by atoms with Crippen LogP contribution in [0.15, 0.2) is 12.4 Å². The number of nitriles is 1. The SMILES string of the molecule is CC(C)CN1C(=O)N(CC2CCC2)C(=O)C12CCN(c1nccnc1C#N)CC2. The standard InChI is InChI=1S/C21H28N6O2/c1-15(2)13-27-20(29)26(14-16-4-3-5-16)19(28)21(27)6-10-25(11-7-21)18-17(12-22)23-8-9-24-18/h8-9,15-16H,3-7,10-11,13-14H2,1-2H3. The Bertz CT molecular complexity index is 836. The van der Waals surface area contributed by atoms with Crippen LogP contribution in [-0.2, 0) is 4.79 Å². The molecule has 2 aliphatic heterocycles. The summed E-state index contributed by atoms with van der Waals surface area (Å²) in [5.74, 6) is 1.27. The zero-order valence-electron chi connectivity index (χ0n) is 17.2. The van der Waals surface area contributed by atoms with E-state index < -0.39 is 5.54 Å². The molecule has 1 aliphatic carbocycles. The van der Waals surface area contributed by atoms with Crippen LogP contribution in [0.3, 0.4) is 0 Å². The molecular weight excluding hydrogens is 368 g/mol. The van der Waals surface area contributed by atoms with Crippen LogP contribution < -0.4 is 4.90 Å². The van der Waals surface area contributed by atoms with E-state index in [1.807, 2.05) is 9.80 Å². The van der Waals surface area contributed by atoms with Gasteiger partial charge in [0.25, 0.3) is 5.91 Å². The minimum absolute atomic E-state index is 0.0330. The smallest absolute Gasteiger partial charge is 0.327 e. The third kappa shape index (κ3) is 3.33. The van der Waals surface area contributed by atoms with Crippen molar-refractivity contribution in [3.8, 4) is 6.07 Å². The fourth-order valence-corrected chi connectivity index (χ4v) is 4.71. The van der Waals surface area contributed by atoms with E-state index in [1.54, 1.807) is 6.20 Å². The second kappa shape index (κ2) is 7.62. The second-order valence-corrected chi connectivity index (χ2v) is 8.86. The fraction of sp³-hybridized carbons (Fsp3) is 0.667. The highest BCUT2D eigenvalue weighted by atomic mass is 16.2. The van der Waals surface area contributed by atoms with Crippen LogP contribution in [0.1, 0.15) is 51.6 Å². The van der Waals surface area contributed by atoms with E-state index >= 15 is 0 Å². The highest BCUT2D eigenvalue weighted by Crippen LogP contribution is 2.40. The maximum Gasteiger partial charge on any atom is 0.327 e. The molecule has 2 saturated heterocycles. The molecule has 3 fully saturated rings. The molecule has 0 atom stereocenters. The Kier molecular flexibility index (Phi) is 5.15. The quantitative estimate of drug-likeness (QED) is 0.710. The monoisotopic (exact) mass is 396 g/mol. The highest BCUT2D eigenvalue weighted by molar-refractivity contribution is 6.07. The van der Waals surface area contributed by atoms with Crippen molar-refractivity contribution in [1.29, 1.82) is 5.26 Å². The molecule has 8 heteroatoms. The number of aromatic nitrogens is 2. The largest absolute Gasteiger partial charge is 0.354 e. The van der Waals surface area contributed by atoms with Crippen LogP contribution in [0.2, 0.25) is 0 Å². The Hall–Kier alpha value is -2.69. The average molecular weight is 396 g/mol. The average Bonchev–Trinajstić information content (AvgIpc) is 2.87. The van der Waals surface area contributed by atoms with Gasteiger partial charge in [0.15, 0.2) is 11.5 Å². The Labute approximate surface area is 171 Å². The lowest BCUT2D eigenvalue weighted by Gasteiger charge is -2.43. The summed E-state index contributed by atoms with van der Waals surface area (Å²) in [7, 11) is 0. The molecule has 0 aromatic carbocycles. The van der Waals surface area contributed by atoms with Gasteiger partial charge in [0, 0.05) is 38.6 Å². The predicted molar refractivity (Wildman–Crippen MR) is 107 cm³/mol. The van der Waals surface area contributed by atoms with E-state index in [4.69, 9.17) is 0 Å². The summed E-state index contributed by atoms with van der Waals surface area (Å²) in [5, 5.41) is 9.33. The molecule has 1 saturated carbocycles. The van der Waals surface area contributed by atoms with E-state index in [-0.39, 0.29) is 17.9 Å². The van der Waals surface area contributed by atoms with Gasteiger partial charge in [-0.1, -0.05) is 20.3 Å². The van der Waals surface area contributed by atoms with E-state index in [0.717, 1.165) is 12.8 Å². The summed E-state index contributed by atoms with van der Waals surface area (Å²) in [6.45, 7) is 6.43. The molecule has 8 nitrogen and oxygen atoms in total. The molecule has 3 aliphatic rings. The first-order chi connectivity index (χ1) is 14.0. The first-order valence-corrected chi connectivity index (χ1v) is 10.6. The molecule has 3 amide bonds. The van der Waals surface area contributed by atoms with E-state index in [2.05, 4.69) is 29.9 Å². The number of carbonyl (C=O) groups excluding carboxylic acids is 2. The number of rotatable bonds is 5. The Morgan fingerprint density at radius 1 is 1.21 bits per heavy atom. The van der Waals surface area contributed by atoms with Crippen molar-refractivity contribution in [2.45, 2.75) is 51.5 Å². The predicted octanol–water partition coefficient (Wildman–Crippen LogP) is 2.41. The Balaban J connectivity index is 1.57. The highest BCUT2D eigenvalue weighted by Gasteiger charge is 2.58. The number of urea groups is 1. The van der Waals surface area contributed by atoms with Crippen molar-refractivity contribution in [1.82, 2.24) is 19.8 Å². The molecule has 3 heterocycles. The number of nitrogens with zero attached hydrogens (tertiary/aromatic N) is 6. The second-order valence-electron chi connectivity index (χ2n) is 8.86. The lowest BCUT2D eigenvalue weighted by atomic mass is 9.83. The van der Waals surface area contributed by atoms with Crippen LogP contribution in [-0.4, -0.2) is 63.4 Å². The van der Waals surface area contributed by atoms with Gasteiger partial charge < -0.3 is 9.80 Å². The normalized spacial score (nSPS) is 21.8. The van der Waals surface area contributed by atoms with Crippen LogP contribution in [0.25, 0.3) is 0 Å². The Morgan fingerprint density at radius 2 is 1.90 bits per heavy atom. The van der Waals surface area contributed by atoms with Gasteiger partial charge in [-0.2, -0.15) is 5.26 Å². The number of amides is 3. The third-order valence-electron chi connectivity index (χ3n) is 6.51. The van der Waals surface area contributed by atoms with E-state index in [9.17, 15) is 14.9 Å². The molecule has 0 radical (unpaired) electrons. The molecule has 29 heavy (non-hydrogen) atoms. The van der Waals surface area contributed by atoms with Crippen molar-refractivity contribution < 1.29 is 9.59 Å². The molecular formula is C21H28N6O2. The van der Waals surface area contributed by atoms with E-state index in [0.29, 0.717) is 56.5 Å². The number of piperidine rings is 1. The Morgan fingerprint density at radius 3 is 2.48 bits per heavy atom. The fourth-order valence-electron chi connectivity index (χ4n) is 4.71. The molecule has 0 unspecified atom stereocenters. The maximum atomic E-state index is 13.5. The van der Waals surface area contributed by atoms with Crippen molar-refractivity contribution in [2.75, 3.05) is 31.1 Å². The van der Waals surface area contributed by atoms with Gasteiger partial charge in [0.05, 0.1) is 0 Å². The molecule has 1 spiro atoms. The molecule has 4 rings (SSSR count). The zero-order valence-corrected chi connectivity index (χ0v) is 17.2. The van der Waals surface area contributed by atoms with Crippen LogP contribution in [0.4, 0.5) is 10.6 Å².